The number of fused-ring (bicyclic) bond motifs is 1. The third-order valence-corrected chi connectivity index (χ3v) is 2.74. The van der Waals surface area contributed by atoms with Crippen molar-refractivity contribution in [3.05, 3.63) is 18.1 Å². The summed E-state index contributed by atoms with van der Waals surface area (Å²) < 4.78 is 1.99. The number of rotatable bonds is 2. The molecule has 0 bridgehead atoms. The highest BCUT2D eigenvalue weighted by Crippen LogP contribution is 2.26. The zero-order valence-electron chi connectivity index (χ0n) is 11.4. The molecule has 4 heteroatoms. The standard InChI is InChI=1S/C12H14N4.C2H6/c1-4-9(5-2)16-6-8(3)10-11(13)14-7-15-12(10)16;1-2/h1,6-7,9H,5H2,2-3H3,(H2,13,14,15);1-2H3. The Morgan fingerprint density at radius 2 is 2.11 bits per heavy atom. The van der Waals surface area contributed by atoms with Crippen LogP contribution in [0.4, 0.5) is 5.82 Å². The highest BCUT2D eigenvalue weighted by Gasteiger charge is 2.14. The van der Waals surface area contributed by atoms with Crippen molar-refractivity contribution in [1.29, 1.82) is 0 Å². The second kappa shape index (κ2) is 6.06. The first kappa shape index (κ1) is 14.0. The van der Waals surface area contributed by atoms with Gasteiger partial charge < -0.3 is 10.3 Å². The van der Waals surface area contributed by atoms with Crippen LogP contribution in [0.2, 0.25) is 0 Å². The molecule has 0 radical (unpaired) electrons. The number of anilines is 1. The summed E-state index contributed by atoms with van der Waals surface area (Å²) in [4.78, 5) is 8.25. The number of aryl methyl sites for hydroxylation is 1. The molecule has 1 atom stereocenters. The molecular weight excluding hydrogens is 224 g/mol. The Kier molecular flexibility index (Phi) is 4.73. The highest BCUT2D eigenvalue weighted by molar-refractivity contribution is 5.89. The number of hydrogen-bond donors (Lipinski definition) is 1. The van der Waals surface area contributed by atoms with Crippen molar-refractivity contribution in [3.8, 4) is 12.3 Å². The molecule has 0 spiro atoms. The summed E-state index contributed by atoms with van der Waals surface area (Å²) in [5, 5.41) is 0.899. The van der Waals surface area contributed by atoms with Gasteiger partial charge in [-0.3, -0.25) is 0 Å². The SMILES string of the molecule is C#CC(CC)n1cc(C)c2c(N)ncnc21.CC. The molecule has 96 valence electrons. The minimum atomic E-state index is 0.0190. The van der Waals surface area contributed by atoms with Crippen LogP contribution < -0.4 is 5.73 Å². The summed E-state index contributed by atoms with van der Waals surface area (Å²) in [7, 11) is 0. The summed E-state index contributed by atoms with van der Waals surface area (Å²) >= 11 is 0. The lowest BCUT2D eigenvalue weighted by Crippen LogP contribution is -2.05. The van der Waals surface area contributed by atoms with E-state index in [9.17, 15) is 0 Å². The summed E-state index contributed by atoms with van der Waals surface area (Å²) in [5.41, 5.74) is 7.71. The highest BCUT2D eigenvalue weighted by atomic mass is 15.1. The Morgan fingerprint density at radius 3 is 2.67 bits per heavy atom. The Bertz CT molecular complexity index is 563. The molecule has 0 aliphatic rings. The monoisotopic (exact) mass is 244 g/mol. The van der Waals surface area contributed by atoms with Crippen molar-refractivity contribution >= 4 is 16.9 Å². The summed E-state index contributed by atoms with van der Waals surface area (Å²) in [6.07, 6.45) is 9.83. The van der Waals surface area contributed by atoms with Crippen LogP contribution >= 0.6 is 0 Å². The van der Waals surface area contributed by atoms with Crippen LogP contribution in [0.1, 0.15) is 38.8 Å². The Labute approximate surface area is 108 Å². The van der Waals surface area contributed by atoms with E-state index < -0.39 is 0 Å². The lowest BCUT2D eigenvalue weighted by molar-refractivity contribution is 0.619. The fourth-order valence-corrected chi connectivity index (χ4v) is 1.93. The van der Waals surface area contributed by atoms with Crippen LogP contribution in [-0.2, 0) is 0 Å². The molecule has 2 rings (SSSR count). The van der Waals surface area contributed by atoms with Crippen LogP contribution in [0.5, 0.6) is 0 Å². The zero-order chi connectivity index (χ0) is 13.7. The van der Waals surface area contributed by atoms with E-state index in [4.69, 9.17) is 12.2 Å². The van der Waals surface area contributed by atoms with Crippen molar-refractivity contribution in [1.82, 2.24) is 14.5 Å². The Morgan fingerprint density at radius 1 is 1.44 bits per heavy atom. The quantitative estimate of drug-likeness (QED) is 0.826. The fraction of sp³-hybridized carbons (Fsp3) is 0.429. The number of nitrogens with zero attached hydrogens (tertiary/aromatic N) is 3. The molecule has 0 saturated carbocycles. The molecule has 2 aromatic rings. The van der Waals surface area contributed by atoms with Crippen LogP contribution in [0.25, 0.3) is 11.0 Å². The number of nitrogens with two attached hydrogens (primary N) is 1. The fourth-order valence-electron chi connectivity index (χ4n) is 1.93. The maximum atomic E-state index is 5.84. The number of aromatic nitrogens is 3. The van der Waals surface area contributed by atoms with Gasteiger partial charge in [-0.2, -0.15) is 0 Å². The average Bonchev–Trinajstić information content (AvgIpc) is 2.73. The van der Waals surface area contributed by atoms with Crippen LogP contribution in [0, 0.1) is 19.3 Å². The summed E-state index contributed by atoms with van der Waals surface area (Å²) in [6.45, 7) is 8.04. The molecule has 0 aliphatic carbocycles. The van der Waals surface area contributed by atoms with Gasteiger partial charge in [0.2, 0.25) is 0 Å². The van der Waals surface area contributed by atoms with Crippen molar-refractivity contribution < 1.29 is 0 Å². The van der Waals surface area contributed by atoms with E-state index in [1.165, 1.54) is 6.33 Å². The van der Waals surface area contributed by atoms with Crippen molar-refractivity contribution in [3.63, 3.8) is 0 Å². The van der Waals surface area contributed by atoms with Crippen molar-refractivity contribution in [2.24, 2.45) is 0 Å². The first-order valence-electron chi connectivity index (χ1n) is 6.22. The van der Waals surface area contributed by atoms with Crippen LogP contribution in [0.15, 0.2) is 12.5 Å². The predicted molar refractivity (Wildman–Crippen MR) is 76.2 cm³/mol. The first-order chi connectivity index (χ1) is 8.69. The number of hydrogen-bond acceptors (Lipinski definition) is 3. The molecule has 2 aromatic heterocycles. The molecule has 0 amide bonds. The van der Waals surface area contributed by atoms with Gasteiger partial charge >= 0.3 is 0 Å². The van der Waals surface area contributed by atoms with Gasteiger partial charge in [0, 0.05) is 6.20 Å². The summed E-state index contributed by atoms with van der Waals surface area (Å²) in [6, 6.07) is 0.0190. The van der Waals surface area contributed by atoms with Gasteiger partial charge in [0.1, 0.15) is 17.8 Å². The first-order valence-corrected chi connectivity index (χ1v) is 6.22. The van der Waals surface area contributed by atoms with E-state index in [-0.39, 0.29) is 6.04 Å². The maximum absolute atomic E-state index is 5.84. The Hall–Kier alpha value is -2.02. The van der Waals surface area contributed by atoms with Gasteiger partial charge in [-0.15, -0.1) is 6.42 Å². The van der Waals surface area contributed by atoms with Gasteiger partial charge in [-0.25, -0.2) is 9.97 Å². The van der Waals surface area contributed by atoms with Gasteiger partial charge in [-0.05, 0) is 18.9 Å². The molecule has 18 heavy (non-hydrogen) atoms. The van der Waals surface area contributed by atoms with E-state index in [2.05, 4.69) is 22.8 Å². The van der Waals surface area contributed by atoms with Gasteiger partial charge in [0.05, 0.1) is 11.4 Å². The summed E-state index contributed by atoms with van der Waals surface area (Å²) in [5.74, 6) is 3.26. The maximum Gasteiger partial charge on any atom is 0.146 e. The lowest BCUT2D eigenvalue weighted by atomic mass is 10.2. The van der Waals surface area contributed by atoms with Crippen molar-refractivity contribution in [2.75, 3.05) is 5.73 Å². The normalized spacial score (nSPS) is 11.5. The van der Waals surface area contributed by atoms with Gasteiger partial charge in [-0.1, -0.05) is 26.7 Å². The second-order valence-corrected chi connectivity index (χ2v) is 3.77. The molecule has 2 heterocycles. The minimum absolute atomic E-state index is 0.0190. The van der Waals surface area contributed by atoms with Gasteiger partial charge in [0.25, 0.3) is 0 Å². The smallest absolute Gasteiger partial charge is 0.146 e. The van der Waals surface area contributed by atoms with Crippen LogP contribution in [0.3, 0.4) is 0 Å². The predicted octanol–water partition coefficient (Wildman–Crippen LogP) is 2.93. The molecule has 0 saturated heterocycles. The van der Waals surface area contributed by atoms with E-state index in [1.807, 2.05) is 31.5 Å². The second-order valence-electron chi connectivity index (χ2n) is 3.77. The lowest BCUT2D eigenvalue weighted by Gasteiger charge is -2.10. The molecule has 1 unspecified atom stereocenters. The molecule has 0 aromatic carbocycles. The molecule has 0 fully saturated rings. The average molecular weight is 244 g/mol. The molecule has 2 N–H and O–H groups in total. The van der Waals surface area contributed by atoms with E-state index in [0.717, 1.165) is 23.0 Å². The minimum Gasteiger partial charge on any atom is -0.383 e. The Balaban J connectivity index is 0.000000771. The van der Waals surface area contributed by atoms with Crippen LogP contribution in [-0.4, -0.2) is 14.5 Å². The largest absolute Gasteiger partial charge is 0.383 e. The van der Waals surface area contributed by atoms with Crippen molar-refractivity contribution in [2.45, 2.75) is 40.2 Å². The molecular formula is C14H20N4. The number of nitrogen functional groups attached to an aromatic ring is 1. The molecule has 0 aliphatic heterocycles. The zero-order valence-corrected chi connectivity index (χ0v) is 11.4. The third-order valence-electron chi connectivity index (χ3n) is 2.74. The van der Waals surface area contributed by atoms with E-state index in [1.54, 1.807) is 0 Å². The topological polar surface area (TPSA) is 56.7 Å². The van der Waals surface area contributed by atoms with E-state index in [0.29, 0.717) is 5.82 Å². The van der Waals surface area contributed by atoms with E-state index >= 15 is 0 Å². The van der Waals surface area contributed by atoms with Gasteiger partial charge in [0.15, 0.2) is 0 Å². The number of terminal acetylenes is 1. The third kappa shape index (κ3) is 2.30. The molecule has 4 nitrogen and oxygen atoms in total.